The number of anilines is 1. The molecule has 2 amide bonds. The molecule has 2 rings (SSSR count). The van der Waals surface area contributed by atoms with Crippen molar-refractivity contribution in [2.75, 3.05) is 5.32 Å². The largest absolute Gasteiger partial charge is 0.391 e. The minimum Gasteiger partial charge on any atom is -0.391 e. The van der Waals surface area contributed by atoms with Gasteiger partial charge in [-0.2, -0.15) is 0 Å². The third-order valence-corrected chi connectivity index (χ3v) is 3.95. The van der Waals surface area contributed by atoms with E-state index in [2.05, 4.69) is 10.6 Å². The molecule has 114 valence electrons. The number of amides is 2. The predicted molar refractivity (Wildman–Crippen MR) is 81.2 cm³/mol. The summed E-state index contributed by atoms with van der Waals surface area (Å²) in [6.45, 7) is 3.26. The highest BCUT2D eigenvalue weighted by Crippen LogP contribution is 2.29. The van der Waals surface area contributed by atoms with Crippen molar-refractivity contribution in [3.63, 3.8) is 0 Å². The fraction of sp³-hybridized carbons (Fsp3) is 0.467. The van der Waals surface area contributed by atoms with Crippen LogP contribution in [0.1, 0.15) is 25.3 Å². The number of aliphatic hydroxyl groups excluding tert-OH is 1. The quantitative estimate of drug-likeness (QED) is 0.777. The minimum atomic E-state index is -0.979. The molecule has 2 atom stereocenters. The van der Waals surface area contributed by atoms with Gasteiger partial charge in [0, 0.05) is 16.6 Å². The van der Waals surface area contributed by atoms with Crippen LogP contribution in [0.4, 0.5) is 5.69 Å². The lowest BCUT2D eigenvalue weighted by molar-refractivity contribution is -0.129. The number of nitrogens with one attached hydrogen (secondary N) is 2. The smallest absolute Gasteiger partial charge is 0.249 e. The molecule has 21 heavy (non-hydrogen) atoms. The number of carbonyl (C=O) groups excluding carboxylic acids is 2. The van der Waals surface area contributed by atoms with Gasteiger partial charge in [0.05, 0.1) is 6.10 Å². The number of halogens is 1. The van der Waals surface area contributed by atoms with Gasteiger partial charge in [0.2, 0.25) is 11.8 Å². The summed E-state index contributed by atoms with van der Waals surface area (Å²) in [5, 5.41) is 15.6. The van der Waals surface area contributed by atoms with Crippen molar-refractivity contribution in [2.24, 2.45) is 5.92 Å². The summed E-state index contributed by atoms with van der Waals surface area (Å²) < 4.78 is 0. The predicted octanol–water partition coefficient (Wildman–Crippen LogP) is 1.86. The van der Waals surface area contributed by atoms with Gasteiger partial charge in [0.1, 0.15) is 6.04 Å². The Balaban J connectivity index is 2.07. The number of hydrogen-bond acceptors (Lipinski definition) is 3. The molecule has 1 fully saturated rings. The molecule has 1 aromatic carbocycles. The van der Waals surface area contributed by atoms with Gasteiger partial charge in [-0.1, -0.05) is 17.7 Å². The van der Waals surface area contributed by atoms with Crippen molar-refractivity contribution in [3.8, 4) is 0 Å². The highest BCUT2D eigenvalue weighted by atomic mass is 35.5. The van der Waals surface area contributed by atoms with Crippen LogP contribution >= 0.6 is 11.6 Å². The van der Waals surface area contributed by atoms with Crippen LogP contribution in [0.15, 0.2) is 18.2 Å². The lowest BCUT2D eigenvalue weighted by atomic mass is 10.1. The average Bonchev–Trinajstić information content (AvgIpc) is 3.25. The Bertz CT molecular complexity index is 556. The molecule has 0 aromatic heterocycles. The van der Waals surface area contributed by atoms with Crippen molar-refractivity contribution < 1.29 is 14.7 Å². The van der Waals surface area contributed by atoms with Crippen LogP contribution in [-0.4, -0.2) is 29.1 Å². The van der Waals surface area contributed by atoms with Crippen LogP contribution in [0.2, 0.25) is 5.02 Å². The highest BCUT2D eigenvalue weighted by Gasteiger charge is 2.34. The standard InChI is InChI=1S/C15H19ClN2O3/c1-8-11(16)4-3-5-12(8)17-15(21)13(9(2)19)18-14(20)10-6-7-10/h3-5,9-10,13,19H,6-7H2,1-2H3,(H,17,21)(H,18,20). The van der Waals surface area contributed by atoms with E-state index in [0.29, 0.717) is 10.7 Å². The average molecular weight is 311 g/mol. The second-order valence-corrected chi connectivity index (χ2v) is 5.81. The third kappa shape index (κ3) is 3.95. The van der Waals surface area contributed by atoms with E-state index >= 15 is 0 Å². The van der Waals surface area contributed by atoms with Crippen molar-refractivity contribution in [2.45, 2.75) is 38.8 Å². The summed E-state index contributed by atoms with van der Waals surface area (Å²) in [6.07, 6.45) is 0.702. The maximum atomic E-state index is 12.3. The lowest BCUT2D eigenvalue weighted by Gasteiger charge is -2.21. The van der Waals surface area contributed by atoms with E-state index in [4.69, 9.17) is 11.6 Å². The van der Waals surface area contributed by atoms with E-state index < -0.39 is 18.1 Å². The molecule has 0 radical (unpaired) electrons. The van der Waals surface area contributed by atoms with Gasteiger partial charge >= 0.3 is 0 Å². The first-order valence-corrected chi connectivity index (χ1v) is 7.32. The van der Waals surface area contributed by atoms with Crippen LogP contribution in [0.25, 0.3) is 0 Å². The van der Waals surface area contributed by atoms with Gasteiger partial charge in [0.25, 0.3) is 0 Å². The van der Waals surface area contributed by atoms with Crippen molar-refractivity contribution in [1.82, 2.24) is 5.32 Å². The van der Waals surface area contributed by atoms with Gasteiger partial charge < -0.3 is 15.7 Å². The zero-order valence-corrected chi connectivity index (χ0v) is 12.8. The van der Waals surface area contributed by atoms with E-state index in [9.17, 15) is 14.7 Å². The van der Waals surface area contributed by atoms with Gasteiger partial charge in [0.15, 0.2) is 0 Å². The number of hydrogen-bond donors (Lipinski definition) is 3. The van der Waals surface area contributed by atoms with Crippen LogP contribution in [-0.2, 0) is 9.59 Å². The second-order valence-electron chi connectivity index (χ2n) is 5.40. The molecule has 6 heteroatoms. The van der Waals surface area contributed by atoms with Crippen LogP contribution < -0.4 is 10.6 Å². The number of benzene rings is 1. The summed E-state index contributed by atoms with van der Waals surface area (Å²) in [7, 11) is 0. The zero-order chi connectivity index (χ0) is 15.6. The molecule has 0 heterocycles. The molecule has 5 nitrogen and oxygen atoms in total. The van der Waals surface area contributed by atoms with E-state index in [0.717, 1.165) is 18.4 Å². The summed E-state index contributed by atoms with van der Waals surface area (Å²) >= 11 is 6.00. The molecule has 1 aliphatic carbocycles. The van der Waals surface area contributed by atoms with Crippen LogP contribution in [0.5, 0.6) is 0 Å². The van der Waals surface area contributed by atoms with E-state index in [1.54, 1.807) is 25.1 Å². The number of rotatable bonds is 5. The Morgan fingerprint density at radius 2 is 2.05 bits per heavy atom. The van der Waals surface area contributed by atoms with Crippen LogP contribution in [0.3, 0.4) is 0 Å². The first kappa shape index (κ1) is 15.8. The molecule has 3 N–H and O–H groups in total. The lowest BCUT2D eigenvalue weighted by Crippen LogP contribution is -2.50. The molecule has 0 saturated heterocycles. The van der Waals surface area contributed by atoms with Crippen LogP contribution in [0, 0.1) is 12.8 Å². The fourth-order valence-electron chi connectivity index (χ4n) is 1.98. The molecule has 1 aliphatic rings. The molecule has 0 aliphatic heterocycles. The van der Waals surface area contributed by atoms with Crippen molar-refractivity contribution in [3.05, 3.63) is 28.8 Å². The molecule has 0 spiro atoms. The monoisotopic (exact) mass is 310 g/mol. The maximum Gasteiger partial charge on any atom is 0.249 e. The summed E-state index contributed by atoms with van der Waals surface area (Å²) in [6, 6.07) is 4.20. The maximum absolute atomic E-state index is 12.3. The first-order valence-electron chi connectivity index (χ1n) is 6.94. The summed E-state index contributed by atoms with van der Waals surface area (Å²) in [4.78, 5) is 24.0. The molecule has 2 unspecified atom stereocenters. The Hall–Kier alpha value is -1.59. The van der Waals surface area contributed by atoms with Gasteiger partial charge in [-0.25, -0.2) is 0 Å². The second kappa shape index (κ2) is 6.45. The topological polar surface area (TPSA) is 78.4 Å². The molecule has 1 saturated carbocycles. The van der Waals surface area contributed by atoms with Gasteiger partial charge in [-0.3, -0.25) is 9.59 Å². The van der Waals surface area contributed by atoms with Crippen molar-refractivity contribution in [1.29, 1.82) is 0 Å². The Kier molecular flexibility index (Phi) is 4.85. The van der Waals surface area contributed by atoms with E-state index in [1.165, 1.54) is 6.92 Å². The molecule has 0 bridgehead atoms. The normalized spacial score (nSPS) is 17.0. The number of aliphatic hydroxyl groups is 1. The first-order chi connectivity index (χ1) is 9.90. The molecule has 1 aromatic rings. The van der Waals surface area contributed by atoms with Crippen molar-refractivity contribution >= 4 is 29.1 Å². The van der Waals surface area contributed by atoms with E-state index in [1.807, 2.05) is 0 Å². The Labute approximate surface area is 128 Å². The Morgan fingerprint density at radius 3 is 2.62 bits per heavy atom. The van der Waals surface area contributed by atoms with Gasteiger partial charge in [-0.15, -0.1) is 0 Å². The zero-order valence-electron chi connectivity index (χ0n) is 12.0. The third-order valence-electron chi connectivity index (χ3n) is 3.54. The summed E-state index contributed by atoms with van der Waals surface area (Å²) in [5.74, 6) is -0.657. The SMILES string of the molecule is Cc1c(Cl)cccc1NC(=O)C(NC(=O)C1CC1)C(C)O. The highest BCUT2D eigenvalue weighted by molar-refractivity contribution is 6.31. The van der Waals surface area contributed by atoms with Gasteiger partial charge in [-0.05, 0) is 44.4 Å². The molecular formula is C15H19ClN2O3. The minimum absolute atomic E-state index is 0.0213. The molecular weight excluding hydrogens is 292 g/mol. The Morgan fingerprint density at radius 1 is 1.38 bits per heavy atom. The fourth-order valence-corrected chi connectivity index (χ4v) is 2.15. The number of carbonyl (C=O) groups is 2. The van der Waals surface area contributed by atoms with E-state index in [-0.39, 0.29) is 11.8 Å². The summed E-state index contributed by atoms with van der Waals surface area (Å²) in [5.41, 5.74) is 1.31.